The van der Waals surface area contributed by atoms with E-state index < -0.39 is 0 Å². The molecule has 35 heavy (non-hydrogen) atoms. The van der Waals surface area contributed by atoms with E-state index in [0.29, 0.717) is 36.8 Å². The summed E-state index contributed by atoms with van der Waals surface area (Å²) in [5.74, 6) is -0.177. The number of methoxy groups -OCH3 is 1. The summed E-state index contributed by atoms with van der Waals surface area (Å²) in [5.41, 5.74) is 3.93. The van der Waals surface area contributed by atoms with E-state index in [-0.39, 0.29) is 28.7 Å². The third-order valence-electron chi connectivity index (χ3n) is 4.84. The number of hydrazone groups is 1. The van der Waals surface area contributed by atoms with E-state index in [4.69, 9.17) is 16.3 Å². The molecule has 0 aliphatic carbocycles. The molecule has 0 fully saturated rings. The second-order valence-electron chi connectivity index (χ2n) is 7.16. The predicted molar refractivity (Wildman–Crippen MR) is 141 cm³/mol. The zero-order valence-electron chi connectivity index (χ0n) is 18.2. The van der Waals surface area contributed by atoms with E-state index in [1.54, 1.807) is 60.7 Å². The number of halogens is 2. The van der Waals surface area contributed by atoms with Gasteiger partial charge in [0.2, 0.25) is 0 Å². The SMILES string of the molecule is COc1cc(/C=N/NC(=O)CSc2nc3ccccc3c(=O)n2-c2ccc(Cl)cc2)cc(Br)c1O. The molecule has 4 rings (SSSR count). The largest absolute Gasteiger partial charge is 0.503 e. The maximum Gasteiger partial charge on any atom is 0.266 e. The molecule has 0 bridgehead atoms. The van der Waals surface area contributed by atoms with Gasteiger partial charge in [0, 0.05) is 5.02 Å². The predicted octanol–water partition coefficient (Wildman–Crippen LogP) is 4.76. The number of nitrogens with one attached hydrogen (secondary N) is 1. The van der Waals surface area contributed by atoms with E-state index >= 15 is 0 Å². The van der Waals surface area contributed by atoms with Gasteiger partial charge in [-0.2, -0.15) is 5.10 Å². The Morgan fingerprint density at radius 3 is 2.74 bits per heavy atom. The quantitative estimate of drug-likeness (QED) is 0.143. The average Bonchev–Trinajstić information content (AvgIpc) is 2.85. The van der Waals surface area contributed by atoms with Crippen LogP contribution in [0.25, 0.3) is 16.6 Å². The summed E-state index contributed by atoms with van der Waals surface area (Å²) in [4.78, 5) is 30.3. The van der Waals surface area contributed by atoms with Crippen molar-refractivity contribution in [1.29, 1.82) is 0 Å². The molecule has 0 saturated carbocycles. The number of para-hydroxylation sites is 1. The number of ether oxygens (including phenoxy) is 1. The zero-order valence-corrected chi connectivity index (χ0v) is 21.4. The van der Waals surface area contributed by atoms with Gasteiger partial charge < -0.3 is 9.84 Å². The molecular weight excluding hydrogens is 556 g/mol. The van der Waals surface area contributed by atoms with Crippen molar-refractivity contribution in [3.05, 3.63) is 86.1 Å². The fourth-order valence-electron chi connectivity index (χ4n) is 3.19. The average molecular weight is 574 g/mol. The van der Waals surface area contributed by atoms with E-state index in [0.717, 1.165) is 11.8 Å². The first-order valence-electron chi connectivity index (χ1n) is 10.2. The first-order chi connectivity index (χ1) is 16.9. The van der Waals surface area contributed by atoms with Crippen molar-refractivity contribution >= 4 is 62.3 Å². The molecule has 3 aromatic carbocycles. The number of phenols is 1. The number of nitrogens with zero attached hydrogens (tertiary/aromatic N) is 3. The summed E-state index contributed by atoms with van der Waals surface area (Å²) < 4.78 is 6.99. The first kappa shape index (κ1) is 24.8. The van der Waals surface area contributed by atoms with Crippen molar-refractivity contribution in [3.8, 4) is 17.2 Å². The molecule has 1 aromatic heterocycles. The second-order valence-corrected chi connectivity index (χ2v) is 9.40. The number of hydrogen-bond acceptors (Lipinski definition) is 7. The van der Waals surface area contributed by atoms with Gasteiger partial charge in [-0.25, -0.2) is 10.4 Å². The second kappa shape index (κ2) is 10.9. The maximum atomic E-state index is 13.2. The maximum absolute atomic E-state index is 13.2. The van der Waals surface area contributed by atoms with Crippen LogP contribution in [-0.2, 0) is 4.79 Å². The van der Waals surface area contributed by atoms with Gasteiger partial charge in [0.1, 0.15) is 0 Å². The molecule has 1 heterocycles. The summed E-state index contributed by atoms with van der Waals surface area (Å²) in [5, 5.41) is 15.2. The van der Waals surface area contributed by atoms with Crippen LogP contribution >= 0.6 is 39.3 Å². The van der Waals surface area contributed by atoms with E-state index in [1.165, 1.54) is 17.9 Å². The Kier molecular flexibility index (Phi) is 7.74. The van der Waals surface area contributed by atoms with Gasteiger partial charge in [-0.15, -0.1) is 0 Å². The van der Waals surface area contributed by atoms with Gasteiger partial charge in [-0.1, -0.05) is 35.5 Å². The Bertz CT molecular complexity index is 1490. The van der Waals surface area contributed by atoms with E-state index in [9.17, 15) is 14.7 Å². The van der Waals surface area contributed by atoms with E-state index in [2.05, 4.69) is 31.4 Å². The van der Waals surface area contributed by atoms with Crippen molar-refractivity contribution in [2.75, 3.05) is 12.9 Å². The fourth-order valence-corrected chi connectivity index (χ4v) is 4.58. The number of phenolic OH excluding ortho intramolecular Hbond substituents is 1. The Balaban J connectivity index is 1.54. The molecule has 0 saturated heterocycles. The Labute approximate surface area is 217 Å². The van der Waals surface area contributed by atoms with Crippen LogP contribution < -0.4 is 15.7 Å². The lowest BCUT2D eigenvalue weighted by Crippen LogP contribution is -2.24. The minimum Gasteiger partial charge on any atom is -0.503 e. The molecule has 0 radical (unpaired) electrons. The number of aromatic hydroxyl groups is 1. The van der Waals surface area contributed by atoms with Crippen molar-refractivity contribution in [2.45, 2.75) is 5.16 Å². The van der Waals surface area contributed by atoms with Crippen LogP contribution in [0.4, 0.5) is 0 Å². The van der Waals surface area contributed by atoms with Crippen LogP contribution in [0, 0.1) is 0 Å². The summed E-state index contributed by atoms with van der Waals surface area (Å²) in [7, 11) is 1.44. The molecule has 2 N–H and O–H groups in total. The highest BCUT2D eigenvalue weighted by Crippen LogP contribution is 2.34. The number of amides is 1. The number of benzene rings is 3. The standard InChI is InChI=1S/C24H18BrClN4O4S/c1-34-20-11-14(10-18(25)22(20)32)12-27-29-21(31)13-35-24-28-19-5-3-2-4-17(19)23(33)30(24)16-8-6-15(26)7-9-16/h2-12,32H,13H2,1H3,(H,29,31)/b27-12+. The van der Waals surface area contributed by atoms with E-state index in [1.807, 2.05) is 0 Å². The molecule has 8 nitrogen and oxygen atoms in total. The monoisotopic (exact) mass is 572 g/mol. The molecule has 178 valence electrons. The Morgan fingerprint density at radius 1 is 1.26 bits per heavy atom. The third kappa shape index (κ3) is 5.67. The topological polar surface area (TPSA) is 106 Å². The molecular formula is C24H18BrClN4O4S. The number of rotatable bonds is 7. The smallest absolute Gasteiger partial charge is 0.266 e. The van der Waals surface area contributed by atoms with Crippen molar-refractivity contribution in [2.24, 2.45) is 5.10 Å². The molecule has 11 heteroatoms. The molecule has 0 atom stereocenters. The minimum atomic E-state index is -0.388. The Hall–Kier alpha value is -3.34. The number of carbonyl (C=O) groups excluding carboxylic acids is 1. The zero-order chi connectivity index (χ0) is 24.9. The highest BCUT2D eigenvalue weighted by molar-refractivity contribution is 9.10. The number of hydrogen-bond donors (Lipinski definition) is 2. The van der Waals surface area contributed by atoms with Gasteiger partial charge >= 0.3 is 0 Å². The lowest BCUT2D eigenvalue weighted by molar-refractivity contribution is -0.118. The van der Waals surface area contributed by atoms with Gasteiger partial charge in [0.05, 0.1) is 40.1 Å². The van der Waals surface area contributed by atoms with Gasteiger partial charge in [0.25, 0.3) is 11.5 Å². The van der Waals surface area contributed by atoms with Crippen LogP contribution in [0.3, 0.4) is 0 Å². The van der Waals surface area contributed by atoms with Crippen LogP contribution in [-0.4, -0.2) is 39.6 Å². The highest BCUT2D eigenvalue weighted by Gasteiger charge is 2.15. The molecule has 1 amide bonds. The summed E-state index contributed by atoms with van der Waals surface area (Å²) in [6.07, 6.45) is 1.42. The lowest BCUT2D eigenvalue weighted by Gasteiger charge is -2.13. The van der Waals surface area contributed by atoms with Crippen molar-refractivity contribution in [3.63, 3.8) is 0 Å². The van der Waals surface area contributed by atoms with Crippen LogP contribution in [0.2, 0.25) is 5.02 Å². The lowest BCUT2D eigenvalue weighted by atomic mass is 10.2. The fraction of sp³-hybridized carbons (Fsp3) is 0.0833. The molecule has 4 aromatic rings. The third-order valence-corrected chi connectivity index (χ3v) is 6.63. The van der Waals surface area contributed by atoms with Crippen molar-refractivity contribution in [1.82, 2.24) is 15.0 Å². The van der Waals surface area contributed by atoms with Gasteiger partial charge in [0.15, 0.2) is 16.7 Å². The van der Waals surface area contributed by atoms with Crippen LogP contribution in [0.15, 0.2) is 80.2 Å². The number of fused-ring (bicyclic) bond motifs is 1. The number of aromatic nitrogens is 2. The number of thioether (sulfide) groups is 1. The minimum absolute atomic E-state index is 0.0281. The summed E-state index contributed by atoms with van der Waals surface area (Å²) in [6, 6.07) is 17.1. The normalized spacial score (nSPS) is 11.2. The first-order valence-corrected chi connectivity index (χ1v) is 12.3. The van der Waals surface area contributed by atoms with Crippen molar-refractivity contribution < 1.29 is 14.6 Å². The molecule has 0 aliphatic heterocycles. The molecule has 0 spiro atoms. The summed E-state index contributed by atoms with van der Waals surface area (Å²) >= 11 is 10.4. The van der Waals surface area contributed by atoms with Gasteiger partial charge in [-0.05, 0) is 70.0 Å². The van der Waals surface area contributed by atoms with Crippen LogP contribution in [0.5, 0.6) is 11.5 Å². The Morgan fingerprint density at radius 2 is 2.00 bits per heavy atom. The molecule has 0 unspecified atom stereocenters. The highest BCUT2D eigenvalue weighted by atomic mass is 79.9. The van der Waals surface area contributed by atoms with Gasteiger partial charge in [-0.3, -0.25) is 14.2 Å². The van der Waals surface area contributed by atoms with Crippen LogP contribution in [0.1, 0.15) is 5.56 Å². The molecule has 0 aliphatic rings. The summed E-state index contributed by atoms with van der Waals surface area (Å²) in [6.45, 7) is 0. The number of carbonyl (C=O) groups is 1.